The van der Waals surface area contributed by atoms with E-state index >= 15 is 0 Å². The fraction of sp³-hybridized carbons (Fsp3) is 0.250. The van der Waals surface area contributed by atoms with Gasteiger partial charge in [-0.1, -0.05) is 12.2 Å². The number of aryl methyl sites for hydroxylation is 1. The third-order valence-corrected chi connectivity index (χ3v) is 3.85. The third-order valence-electron chi connectivity index (χ3n) is 3.85. The first-order valence-corrected chi connectivity index (χ1v) is 7.28. The van der Waals surface area contributed by atoms with Gasteiger partial charge in [-0.15, -0.1) is 0 Å². The van der Waals surface area contributed by atoms with Crippen LogP contribution in [-0.2, 0) is 7.05 Å². The topological polar surface area (TPSA) is 90.1 Å². The highest BCUT2D eigenvalue weighted by Gasteiger charge is 2.22. The molecule has 1 aliphatic rings. The monoisotopic (exact) mass is 312 g/mol. The molecule has 1 heterocycles. The molecule has 7 heteroatoms. The second-order valence-corrected chi connectivity index (χ2v) is 5.46. The second-order valence-electron chi connectivity index (χ2n) is 5.46. The number of nitrogens with one attached hydrogen (secondary N) is 1. The summed E-state index contributed by atoms with van der Waals surface area (Å²) in [6.07, 6.45) is 8.94. The average Bonchev–Trinajstić information content (AvgIpc) is 3.18. The zero-order valence-electron chi connectivity index (χ0n) is 12.6. The zero-order chi connectivity index (χ0) is 16.4. The Hall–Kier alpha value is -2.96. The van der Waals surface area contributed by atoms with Gasteiger partial charge in [-0.05, 0) is 25.0 Å². The highest BCUT2D eigenvalue weighted by Crippen LogP contribution is 2.29. The molecule has 0 saturated heterocycles. The Balaban J connectivity index is 1.91. The van der Waals surface area contributed by atoms with E-state index < -0.39 is 4.92 Å². The van der Waals surface area contributed by atoms with Crippen molar-refractivity contribution in [3.05, 3.63) is 64.2 Å². The number of ketones is 1. The number of nitro groups is 1. The lowest BCUT2D eigenvalue weighted by Gasteiger charge is -2.14. The lowest BCUT2D eigenvalue weighted by atomic mass is 10.1. The lowest BCUT2D eigenvalue weighted by molar-refractivity contribution is -0.384. The molecule has 3 rings (SSSR count). The van der Waals surface area contributed by atoms with Crippen LogP contribution in [-0.4, -0.2) is 26.3 Å². The molecule has 1 aliphatic carbocycles. The molecule has 23 heavy (non-hydrogen) atoms. The van der Waals surface area contributed by atoms with Crippen LogP contribution in [0.15, 0.2) is 42.7 Å². The van der Waals surface area contributed by atoms with E-state index in [1.165, 1.54) is 12.3 Å². The minimum Gasteiger partial charge on any atom is -0.376 e. The number of carbonyl (C=O) groups excluding carboxylic acids is 1. The van der Waals surface area contributed by atoms with Gasteiger partial charge in [0.1, 0.15) is 5.69 Å². The fourth-order valence-corrected chi connectivity index (χ4v) is 2.61. The van der Waals surface area contributed by atoms with Gasteiger partial charge >= 0.3 is 0 Å². The van der Waals surface area contributed by atoms with Crippen molar-refractivity contribution < 1.29 is 9.72 Å². The zero-order valence-corrected chi connectivity index (χ0v) is 12.6. The molecule has 0 fully saturated rings. The Bertz CT molecular complexity index is 786. The molecule has 0 atom stereocenters. The van der Waals surface area contributed by atoms with Crippen LogP contribution >= 0.6 is 0 Å². The first-order chi connectivity index (χ1) is 11.1. The van der Waals surface area contributed by atoms with Gasteiger partial charge in [-0.2, -0.15) is 0 Å². The number of anilines is 1. The van der Waals surface area contributed by atoms with E-state index in [-0.39, 0.29) is 28.9 Å². The number of nitro benzene ring substituents is 1. The minimum absolute atomic E-state index is 0.100. The minimum atomic E-state index is -0.472. The Morgan fingerprint density at radius 3 is 2.74 bits per heavy atom. The van der Waals surface area contributed by atoms with Crippen LogP contribution in [0.3, 0.4) is 0 Å². The molecular formula is C16H16N4O3. The number of hydrogen-bond acceptors (Lipinski definition) is 5. The van der Waals surface area contributed by atoms with Crippen molar-refractivity contribution in [2.24, 2.45) is 7.05 Å². The summed E-state index contributed by atoms with van der Waals surface area (Å²) in [6.45, 7) is 0. The highest BCUT2D eigenvalue weighted by atomic mass is 16.6. The van der Waals surface area contributed by atoms with Crippen LogP contribution in [0.1, 0.15) is 29.0 Å². The summed E-state index contributed by atoms with van der Waals surface area (Å²) in [5.74, 6) is -0.0883. The van der Waals surface area contributed by atoms with E-state index in [4.69, 9.17) is 0 Å². The van der Waals surface area contributed by atoms with E-state index in [9.17, 15) is 14.9 Å². The number of nitrogens with zero attached hydrogens (tertiary/aromatic N) is 3. The van der Waals surface area contributed by atoms with Crippen molar-refractivity contribution in [3.63, 3.8) is 0 Å². The maximum absolute atomic E-state index is 12.4. The Morgan fingerprint density at radius 1 is 1.39 bits per heavy atom. The Labute approximate surface area is 132 Å². The summed E-state index contributed by atoms with van der Waals surface area (Å²) in [6, 6.07) is 4.65. The molecule has 1 aromatic heterocycles. The number of imidazole rings is 1. The summed E-state index contributed by atoms with van der Waals surface area (Å²) >= 11 is 0. The van der Waals surface area contributed by atoms with Crippen LogP contribution in [0, 0.1) is 10.1 Å². The average molecular weight is 312 g/mol. The maximum Gasteiger partial charge on any atom is 0.293 e. The molecular weight excluding hydrogens is 296 g/mol. The van der Waals surface area contributed by atoms with Crippen molar-refractivity contribution >= 4 is 17.2 Å². The van der Waals surface area contributed by atoms with Gasteiger partial charge in [0.25, 0.3) is 5.69 Å². The molecule has 0 unspecified atom stereocenters. The standard InChI is InChI=1S/C16H16N4O3/c1-19-9-8-17-16(19)15(21)11-6-7-13(14(10-11)20(22)23)18-12-4-2-3-5-12/h2-3,6-10,12,18H,4-5H2,1H3. The van der Waals surface area contributed by atoms with Gasteiger partial charge in [-0.3, -0.25) is 14.9 Å². The summed E-state index contributed by atoms with van der Waals surface area (Å²) < 4.78 is 1.59. The fourth-order valence-electron chi connectivity index (χ4n) is 2.61. The van der Waals surface area contributed by atoms with Crippen molar-refractivity contribution in [1.82, 2.24) is 9.55 Å². The summed E-state index contributed by atoms with van der Waals surface area (Å²) in [4.78, 5) is 27.3. The first kappa shape index (κ1) is 15.0. The Morgan fingerprint density at radius 2 is 2.13 bits per heavy atom. The quantitative estimate of drug-likeness (QED) is 0.397. The van der Waals surface area contributed by atoms with E-state index in [1.807, 2.05) is 12.2 Å². The van der Waals surface area contributed by atoms with E-state index in [1.54, 1.807) is 29.9 Å². The van der Waals surface area contributed by atoms with E-state index in [0.717, 1.165) is 12.8 Å². The summed E-state index contributed by atoms with van der Waals surface area (Å²) in [5, 5.41) is 14.5. The number of aromatic nitrogens is 2. The molecule has 0 bridgehead atoms. The van der Waals surface area contributed by atoms with Gasteiger partial charge in [-0.25, -0.2) is 4.98 Å². The van der Waals surface area contributed by atoms with Crippen molar-refractivity contribution in [3.8, 4) is 0 Å². The van der Waals surface area contributed by atoms with Crippen LogP contribution in [0.2, 0.25) is 0 Å². The molecule has 0 saturated carbocycles. The van der Waals surface area contributed by atoms with Crippen LogP contribution in [0.25, 0.3) is 0 Å². The molecule has 1 N–H and O–H groups in total. The third kappa shape index (κ3) is 2.98. The number of benzene rings is 1. The van der Waals surface area contributed by atoms with Crippen molar-refractivity contribution in [2.75, 3.05) is 5.32 Å². The molecule has 0 amide bonds. The largest absolute Gasteiger partial charge is 0.376 e. The molecule has 2 aromatic rings. The SMILES string of the molecule is Cn1ccnc1C(=O)c1ccc(NC2CC=CC2)c([N+](=O)[O-])c1. The number of rotatable bonds is 5. The van der Waals surface area contributed by atoms with E-state index in [2.05, 4.69) is 10.3 Å². The van der Waals surface area contributed by atoms with Gasteiger partial charge in [0, 0.05) is 37.1 Å². The normalized spacial score (nSPS) is 14.1. The van der Waals surface area contributed by atoms with Crippen molar-refractivity contribution in [1.29, 1.82) is 0 Å². The van der Waals surface area contributed by atoms with Crippen LogP contribution in [0.4, 0.5) is 11.4 Å². The molecule has 0 spiro atoms. The second kappa shape index (κ2) is 6.04. The first-order valence-electron chi connectivity index (χ1n) is 7.28. The molecule has 0 aliphatic heterocycles. The summed E-state index contributed by atoms with van der Waals surface area (Å²) in [7, 11) is 1.71. The molecule has 118 valence electrons. The maximum atomic E-state index is 12.4. The number of hydrogen-bond donors (Lipinski definition) is 1. The van der Waals surface area contributed by atoms with Gasteiger partial charge in [0.2, 0.25) is 5.78 Å². The number of carbonyl (C=O) groups is 1. The van der Waals surface area contributed by atoms with Gasteiger partial charge in [0.05, 0.1) is 4.92 Å². The van der Waals surface area contributed by atoms with Crippen molar-refractivity contribution in [2.45, 2.75) is 18.9 Å². The van der Waals surface area contributed by atoms with Gasteiger partial charge in [0.15, 0.2) is 5.82 Å². The smallest absolute Gasteiger partial charge is 0.293 e. The summed E-state index contributed by atoms with van der Waals surface area (Å²) in [5.41, 5.74) is 0.582. The molecule has 1 aromatic carbocycles. The van der Waals surface area contributed by atoms with Crippen LogP contribution < -0.4 is 5.32 Å². The predicted octanol–water partition coefficient (Wildman–Crippen LogP) is 2.69. The van der Waals surface area contributed by atoms with E-state index in [0.29, 0.717) is 5.69 Å². The van der Waals surface area contributed by atoms with Crippen LogP contribution in [0.5, 0.6) is 0 Å². The Kier molecular flexibility index (Phi) is 3.92. The molecule has 0 radical (unpaired) electrons. The molecule has 7 nitrogen and oxygen atoms in total. The predicted molar refractivity (Wildman–Crippen MR) is 85.5 cm³/mol. The van der Waals surface area contributed by atoms with Gasteiger partial charge < -0.3 is 9.88 Å². The lowest BCUT2D eigenvalue weighted by Crippen LogP contribution is -2.16. The highest BCUT2D eigenvalue weighted by molar-refractivity contribution is 6.07.